The quantitative estimate of drug-likeness (QED) is 0.904. The van der Waals surface area contributed by atoms with Crippen LogP contribution in [0.15, 0.2) is 28.7 Å². The summed E-state index contributed by atoms with van der Waals surface area (Å²) < 4.78 is 43.2. The van der Waals surface area contributed by atoms with E-state index in [0.717, 1.165) is 18.2 Å². The van der Waals surface area contributed by atoms with Crippen molar-refractivity contribution in [3.63, 3.8) is 0 Å². The Kier molecular flexibility index (Phi) is 3.42. The summed E-state index contributed by atoms with van der Waals surface area (Å²) in [6, 6.07) is 4.15. The molecule has 0 bridgehead atoms. The first kappa shape index (κ1) is 14.6. The van der Waals surface area contributed by atoms with Gasteiger partial charge in [-0.05, 0) is 12.1 Å². The van der Waals surface area contributed by atoms with Gasteiger partial charge in [0.15, 0.2) is 0 Å². The topological polar surface area (TPSA) is 101 Å². The van der Waals surface area contributed by atoms with E-state index in [4.69, 9.17) is 10.2 Å². The third-order valence-corrected chi connectivity index (χ3v) is 2.49. The Bertz CT molecular complexity index is 688. The fourth-order valence-electron chi connectivity index (χ4n) is 1.64. The standard InChI is InChI=1S/C12H6F3NO5/c13-12(14,15)6-4-2-1-3-5(6)9-16-7(10(17)18)8(21-9)11(19)20/h1-4H,(H,17,18)(H,19,20). The highest BCUT2D eigenvalue weighted by molar-refractivity contribution is 5.98. The number of carbonyl (C=O) groups is 2. The summed E-state index contributed by atoms with van der Waals surface area (Å²) in [5, 5.41) is 17.6. The summed E-state index contributed by atoms with van der Waals surface area (Å²) in [6.45, 7) is 0. The Morgan fingerprint density at radius 3 is 2.19 bits per heavy atom. The predicted molar refractivity (Wildman–Crippen MR) is 60.9 cm³/mol. The molecule has 0 atom stereocenters. The number of aromatic carboxylic acids is 2. The lowest BCUT2D eigenvalue weighted by atomic mass is 10.1. The number of oxazole rings is 1. The van der Waals surface area contributed by atoms with E-state index >= 15 is 0 Å². The van der Waals surface area contributed by atoms with Crippen LogP contribution in [-0.2, 0) is 6.18 Å². The van der Waals surface area contributed by atoms with Crippen LogP contribution in [0.4, 0.5) is 13.2 Å². The number of nitrogens with zero attached hydrogens (tertiary/aromatic N) is 1. The van der Waals surface area contributed by atoms with E-state index in [2.05, 4.69) is 9.40 Å². The first-order valence-electron chi connectivity index (χ1n) is 5.36. The molecule has 0 unspecified atom stereocenters. The van der Waals surface area contributed by atoms with Crippen LogP contribution >= 0.6 is 0 Å². The van der Waals surface area contributed by atoms with Gasteiger partial charge in [-0.1, -0.05) is 12.1 Å². The van der Waals surface area contributed by atoms with Gasteiger partial charge in [-0.2, -0.15) is 13.2 Å². The van der Waals surface area contributed by atoms with E-state index in [0.29, 0.717) is 0 Å². The minimum atomic E-state index is -4.72. The molecule has 0 aliphatic heterocycles. The number of carboxylic acid groups (broad SMARTS) is 2. The van der Waals surface area contributed by atoms with Gasteiger partial charge in [0.05, 0.1) is 5.56 Å². The number of benzene rings is 1. The maximum Gasteiger partial charge on any atom is 0.417 e. The first-order valence-corrected chi connectivity index (χ1v) is 5.36. The largest absolute Gasteiger partial charge is 0.476 e. The lowest BCUT2D eigenvalue weighted by Gasteiger charge is -2.09. The van der Waals surface area contributed by atoms with Gasteiger partial charge in [-0.25, -0.2) is 14.6 Å². The van der Waals surface area contributed by atoms with Gasteiger partial charge in [-0.15, -0.1) is 0 Å². The monoisotopic (exact) mass is 301 g/mol. The summed E-state index contributed by atoms with van der Waals surface area (Å²) in [5.41, 5.74) is -2.62. The zero-order valence-electron chi connectivity index (χ0n) is 10.0. The SMILES string of the molecule is O=C(O)c1nc(-c2ccccc2C(F)(F)F)oc1C(=O)O. The molecule has 0 radical (unpaired) electrons. The minimum absolute atomic E-state index is 0.542. The molecule has 110 valence electrons. The molecule has 2 N–H and O–H groups in total. The Balaban J connectivity index is 2.67. The van der Waals surface area contributed by atoms with Crippen LogP contribution in [0.25, 0.3) is 11.5 Å². The Hall–Kier alpha value is -2.84. The molecule has 1 aromatic carbocycles. The van der Waals surface area contributed by atoms with Crippen molar-refractivity contribution in [2.75, 3.05) is 0 Å². The van der Waals surface area contributed by atoms with Crippen LogP contribution in [-0.4, -0.2) is 27.1 Å². The number of hydrogen-bond acceptors (Lipinski definition) is 4. The average Bonchev–Trinajstić information content (AvgIpc) is 2.83. The highest BCUT2D eigenvalue weighted by Gasteiger charge is 2.35. The van der Waals surface area contributed by atoms with Gasteiger partial charge in [-0.3, -0.25) is 0 Å². The van der Waals surface area contributed by atoms with E-state index in [9.17, 15) is 22.8 Å². The second-order valence-corrected chi connectivity index (χ2v) is 3.85. The molecule has 2 rings (SSSR count). The third-order valence-electron chi connectivity index (χ3n) is 2.49. The van der Waals surface area contributed by atoms with Crippen LogP contribution < -0.4 is 0 Å². The van der Waals surface area contributed by atoms with Crippen molar-refractivity contribution in [1.82, 2.24) is 4.98 Å². The van der Waals surface area contributed by atoms with E-state index in [1.165, 1.54) is 6.07 Å². The molecule has 9 heteroatoms. The maximum atomic E-state index is 12.9. The fraction of sp³-hybridized carbons (Fsp3) is 0.0833. The van der Waals surface area contributed by atoms with Crippen molar-refractivity contribution in [3.05, 3.63) is 41.3 Å². The maximum absolute atomic E-state index is 12.9. The molecule has 0 saturated carbocycles. The van der Waals surface area contributed by atoms with Crippen molar-refractivity contribution in [3.8, 4) is 11.5 Å². The molecule has 1 aromatic heterocycles. The number of aromatic nitrogens is 1. The molecule has 21 heavy (non-hydrogen) atoms. The Morgan fingerprint density at radius 1 is 1.10 bits per heavy atom. The highest BCUT2D eigenvalue weighted by atomic mass is 19.4. The van der Waals surface area contributed by atoms with Crippen molar-refractivity contribution >= 4 is 11.9 Å². The van der Waals surface area contributed by atoms with Crippen LogP contribution in [0.3, 0.4) is 0 Å². The normalized spacial score (nSPS) is 11.4. The van der Waals surface area contributed by atoms with Crippen molar-refractivity contribution in [1.29, 1.82) is 0 Å². The highest BCUT2D eigenvalue weighted by Crippen LogP contribution is 2.37. The molecule has 0 fully saturated rings. The van der Waals surface area contributed by atoms with Crippen LogP contribution in [0.2, 0.25) is 0 Å². The van der Waals surface area contributed by atoms with Crippen molar-refractivity contribution < 1.29 is 37.4 Å². The number of carboxylic acids is 2. The van der Waals surface area contributed by atoms with Gasteiger partial charge in [0.1, 0.15) is 0 Å². The molecular weight excluding hydrogens is 295 g/mol. The summed E-state index contributed by atoms with van der Waals surface area (Å²) >= 11 is 0. The number of halogens is 3. The van der Waals surface area contributed by atoms with Gasteiger partial charge in [0.25, 0.3) is 0 Å². The van der Waals surface area contributed by atoms with Crippen LogP contribution in [0.5, 0.6) is 0 Å². The molecule has 6 nitrogen and oxygen atoms in total. The summed E-state index contributed by atoms with van der Waals surface area (Å²) in [6.07, 6.45) is -4.72. The lowest BCUT2D eigenvalue weighted by Crippen LogP contribution is -2.07. The second kappa shape index (κ2) is 4.93. The Morgan fingerprint density at radius 2 is 1.71 bits per heavy atom. The molecule has 0 spiro atoms. The minimum Gasteiger partial charge on any atom is -0.476 e. The van der Waals surface area contributed by atoms with E-state index in [1.807, 2.05) is 0 Å². The Labute approximate surface area is 114 Å². The van der Waals surface area contributed by atoms with Crippen molar-refractivity contribution in [2.24, 2.45) is 0 Å². The second-order valence-electron chi connectivity index (χ2n) is 3.85. The zero-order chi connectivity index (χ0) is 15.8. The van der Waals surface area contributed by atoms with Crippen LogP contribution in [0, 0.1) is 0 Å². The summed E-state index contributed by atoms with van der Waals surface area (Å²) in [5.74, 6) is -5.21. The zero-order valence-corrected chi connectivity index (χ0v) is 10.0. The number of rotatable bonds is 3. The van der Waals surface area contributed by atoms with Gasteiger partial charge in [0.2, 0.25) is 17.3 Å². The molecule has 1 heterocycles. The van der Waals surface area contributed by atoms with E-state index in [1.54, 1.807) is 0 Å². The molecule has 0 saturated heterocycles. The third kappa shape index (κ3) is 2.71. The first-order chi connectivity index (χ1) is 9.71. The van der Waals surface area contributed by atoms with Gasteiger partial charge >= 0.3 is 18.1 Å². The molecule has 0 aliphatic rings. The summed E-state index contributed by atoms with van der Waals surface area (Å²) in [4.78, 5) is 25.0. The molecular formula is C12H6F3NO5. The molecule has 0 aliphatic carbocycles. The van der Waals surface area contributed by atoms with E-state index < -0.39 is 46.6 Å². The van der Waals surface area contributed by atoms with E-state index in [-0.39, 0.29) is 0 Å². The lowest BCUT2D eigenvalue weighted by molar-refractivity contribution is -0.137. The molecule has 2 aromatic rings. The fourth-order valence-corrected chi connectivity index (χ4v) is 1.64. The van der Waals surface area contributed by atoms with Gasteiger partial charge < -0.3 is 14.6 Å². The van der Waals surface area contributed by atoms with Gasteiger partial charge in [0, 0.05) is 5.56 Å². The number of alkyl halides is 3. The summed E-state index contributed by atoms with van der Waals surface area (Å²) in [7, 11) is 0. The van der Waals surface area contributed by atoms with Crippen LogP contribution in [0.1, 0.15) is 26.6 Å². The average molecular weight is 301 g/mol. The smallest absolute Gasteiger partial charge is 0.417 e. The molecule has 0 amide bonds. The predicted octanol–water partition coefficient (Wildman–Crippen LogP) is 2.76. The number of hydrogen-bond donors (Lipinski definition) is 2. The van der Waals surface area contributed by atoms with Crippen molar-refractivity contribution in [2.45, 2.75) is 6.18 Å².